The molecule has 1 aliphatic rings. The van der Waals surface area contributed by atoms with E-state index in [2.05, 4.69) is 31.9 Å². The summed E-state index contributed by atoms with van der Waals surface area (Å²) in [6, 6.07) is 8.46. The van der Waals surface area contributed by atoms with Crippen molar-refractivity contribution >= 4 is 43.2 Å². The number of nitrogens with two attached hydrogens (primary N) is 2. The van der Waals surface area contributed by atoms with Crippen molar-refractivity contribution in [3.05, 3.63) is 44.8 Å². The van der Waals surface area contributed by atoms with Gasteiger partial charge in [0.05, 0.1) is 5.69 Å². The maximum absolute atomic E-state index is 9.73. The van der Waals surface area contributed by atoms with Crippen molar-refractivity contribution in [3.8, 4) is 11.5 Å². The normalized spacial score (nSPS) is 14.8. The molecule has 0 aromatic heterocycles. The molecule has 2 aromatic carbocycles. The van der Waals surface area contributed by atoms with Crippen LogP contribution in [0.5, 0.6) is 11.5 Å². The van der Waals surface area contributed by atoms with Crippen molar-refractivity contribution in [1.29, 1.82) is 0 Å². The van der Waals surface area contributed by atoms with Gasteiger partial charge in [-0.2, -0.15) is 0 Å². The van der Waals surface area contributed by atoms with Crippen LogP contribution in [0.25, 0.3) is 0 Å². The molecule has 0 spiro atoms. The van der Waals surface area contributed by atoms with Crippen LogP contribution in [-0.2, 0) is 0 Å². The molecule has 0 saturated heterocycles. The predicted molar refractivity (Wildman–Crippen MR) is 106 cm³/mol. The van der Waals surface area contributed by atoms with Gasteiger partial charge in [-0.3, -0.25) is 0 Å². The first kappa shape index (κ1) is 18.9. The van der Waals surface area contributed by atoms with E-state index in [0.29, 0.717) is 26.3 Å². The van der Waals surface area contributed by atoms with Crippen LogP contribution in [0.15, 0.2) is 39.3 Å². The molecule has 1 fully saturated rings. The van der Waals surface area contributed by atoms with E-state index in [1.165, 1.54) is 32.1 Å². The Balaban J connectivity index is 0.000000185. The van der Waals surface area contributed by atoms with Crippen LogP contribution in [0.4, 0.5) is 11.4 Å². The highest BCUT2D eigenvalue weighted by atomic mass is 79.9. The third kappa shape index (κ3) is 5.05. The van der Waals surface area contributed by atoms with E-state index >= 15 is 0 Å². The smallest absolute Gasteiger partial charge is 0.119 e. The zero-order valence-corrected chi connectivity index (χ0v) is 16.5. The SMILES string of the molecule is Nc1c(Br)cc(O)cc1Br.Nc1ccc(O)c(C2CCCCC2)c1. The van der Waals surface area contributed by atoms with Crippen molar-refractivity contribution in [2.75, 3.05) is 11.5 Å². The summed E-state index contributed by atoms with van der Waals surface area (Å²) in [4.78, 5) is 0. The lowest BCUT2D eigenvalue weighted by Gasteiger charge is -2.22. The molecule has 0 aliphatic heterocycles. The number of hydrogen-bond donors (Lipinski definition) is 4. The number of phenolic OH excluding ortho intramolecular Hbond substituents is 2. The van der Waals surface area contributed by atoms with Gasteiger partial charge in [-0.25, -0.2) is 0 Å². The molecule has 130 valence electrons. The lowest BCUT2D eigenvalue weighted by molar-refractivity contribution is 0.414. The molecule has 4 nitrogen and oxygen atoms in total. The lowest BCUT2D eigenvalue weighted by atomic mass is 9.83. The van der Waals surface area contributed by atoms with Crippen molar-refractivity contribution in [2.24, 2.45) is 0 Å². The zero-order chi connectivity index (χ0) is 17.7. The van der Waals surface area contributed by atoms with Gasteiger partial charge in [-0.05, 0) is 86.5 Å². The second kappa shape index (κ2) is 8.62. The van der Waals surface area contributed by atoms with Crippen molar-refractivity contribution in [2.45, 2.75) is 38.0 Å². The van der Waals surface area contributed by atoms with E-state index in [0.717, 1.165) is 11.3 Å². The number of hydrogen-bond acceptors (Lipinski definition) is 4. The maximum atomic E-state index is 9.73. The quantitative estimate of drug-likeness (QED) is 0.335. The molecule has 6 N–H and O–H groups in total. The van der Waals surface area contributed by atoms with Crippen LogP contribution in [0.2, 0.25) is 0 Å². The monoisotopic (exact) mass is 456 g/mol. The summed E-state index contributed by atoms with van der Waals surface area (Å²) in [7, 11) is 0. The van der Waals surface area contributed by atoms with Gasteiger partial charge in [-0.15, -0.1) is 0 Å². The van der Waals surface area contributed by atoms with Crippen molar-refractivity contribution in [1.82, 2.24) is 0 Å². The van der Waals surface area contributed by atoms with E-state index in [1.807, 2.05) is 6.07 Å². The first-order valence-electron chi connectivity index (χ1n) is 7.90. The number of rotatable bonds is 1. The van der Waals surface area contributed by atoms with E-state index in [4.69, 9.17) is 16.6 Å². The van der Waals surface area contributed by atoms with E-state index in [9.17, 15) is 5.11 Å². The summed E-state index contributed by atoms with van der Waals surface area (Å²) in [5.74, 6) is 1.12. The van der Waals surface area contributed by atoms with Crippen LogP contribution < -0.4 is 11.5 Å². The molecule has 1 aliphatic carbocycles. The Morgan fingerprint density at radius 1 is 0.875 bits per heavy atom. The number of phenols is 2. The van der Waals surface area contributed by atoms with Crippen LogP contribution in [0.1, 0.15) is 43.6 Å². The molecule has 0 bridgehead atoms. The van der Waals surface area contributed by atoms with E-state index in [1.54, 1.807) is 24.3 Å². The zero-order valence-electron chi connectivity index (χ0n) is 13.3. The molecule has 3 rings (SSSR count). The molecule has 0 radical (unpaired) electrons. The minimum atomic E-state index is 0.188. The summed E-state index contributed by atoms with van der Waals surface area (Å²) in [5.41, 5.74) is 13.7. The molecular weight excluding hydrogens is 436 g/mol. The van der Waals surface area contributed by atoms with Crippen LogP contribution in [0, 0.1) is 0 Å². The van der Waals surface area contributed by atoms with Gasteiger partial charge in [0.15, 0.2) is 0 Å². The Labute approximate surface area is 159 Å². The van der Waals surface area contributed by atoms with Gasteiger partial charge >= 0.3 is 0 Å². The molecule has 2 aromatic rings. The van der Waals surface area contributed by atoms with Gasteiger partial charge in [0.1, 0.15) is 11.5 Å². The van der Waals surface area contributed by atoms with Crippen LogP contribution >= 0.6 is 31.9 Å². The fourth-order valence-corrected chi connectivity index (χ4v) is 4.05. The number of nitrogen functional groups attached to an aromatic ring is 2. The number of halogens is 2. The maximum Gasteiger partial charge on any atom is 0.119 e. The minimum Gasteiger partial charge on any atom is -0.508 e. The Morgan fingerprint density at radius 3 is 2.04 bits per heavy atom. The molecule has 0 unspecified atom stereocenters. The molecule has 6 heteroatoms. The topological polar surface area (TPSA) is 92.5 Å². The molecule has 0 amide bonds. The fraction of sp³-hybridized carbons (Fsp3) is 0.333. The molecule has 0 heterocycles. The van der Waals surface area contributed by atoms with Crippen LogP contribution in [-0.4, -0.2) is 10.2 Å². The van der Waals surface area contributed by atoms with Crippen molar-refractivity contribution < 1.29 is 10.2 Å². The van der Waals surface area contributed by atoms with Gasteiger partial charge in [0.25, 0.3) is 0 Å². The Kier molecular flexibility index (Phi) is 6.80. The van der Waals surface area contributed by atoms with Crippen LogP contribution in [0.3, 0.4) is 0 Å². The summed E-state index contributed by atoms with van der Waals surface area (Å²) in [6.07, 6.45) is 6.27. The summed E-state index contributed by atoms with van der Waals surface area (Å²) in [5, 5.41) is 18.7. The van der Waals surface area contributed by atoms with Gasteiger partial charge < -0.3 is 21.7 Å². The van der Waals surface area contributed by atoms with Gasteiger partial charge in [0, 0.05) is 14.6 Å². The third-order valence-corrected chi connectivity index (χ3v) is 5.47. The predicted octanol–water partition coefficient (Wildman–Crippen LogP) is 5.52. The summed E-state index contributed by atoms with van der Waals surface area (Å²) >= 11 is 6.36. The second-order valence-electron chi connectivity index (χ2n) is 5.98. The first-order valence-corrected chi connectivity index (χ1v) is 9.49. The Bertz CT molecular complexity index is 678. The minimum absolute atomic E-state index is 0.188. The lowest BCUT2D eigenvalue weighted by Crippen LogP contribution is -2.05. The van der Waals surface area contributed by atoms with Gasteiger partial charge in [-0.1, -0.05) is 19.3 Å². The van der Waals surface area contributed by atoms with Gasteiger partial charge in [0.2, 0.25) is 0 Å². The summed E-state index contributed by atoms with van der Waals surface area (Å²) in [6.45, 7) is 0. The molecule has 1 saturated carbocycles. The second-order valence-corrected chi connectivity index (χ2v) is 7.68. The summed E-state index contributed by atoms with van der Waals surface area (Å²) < 4.78 is 1.39. The standard InChI is InChI=1S/C12H17NO.C6H5Br2NO/c13-10-6-7-12(14)11(8-10)9-4-2-1-3-5-9;7-4-1-3(10)2-5(8)6(4)9/h6-9,14H,1-5,13H2;1-2,10H,9H2. The van der Waals surface area contributed by atoms with E-state index in [-0.39, 0.29) is 5.75 Å². The highest BCUT2D eigenvalue weighted by Crippen LogP contribution is 2.37. The Morgan fingerprint density at radius 2 is 1.46 bits per heavy atom. The number of aromatic hydroxyl groups is 2. The van der Waals surface area contributed by atoms with Crippen molar-refractivity contribution in [3.63, 3.8) is 0 Å². The number of anilines is 2. The third-order valence-electron chi connectivity index (χ3n) is 4.16. The average molecular weight is 458 g/mol. The average Bonchev–Trinajstić information content (AvgIpc) is 2.56. The fourth-order valence-electron chi connectivity index (χ4n) is 2.88. The largest absolute Gasteiger partial charge is 0.508 e. The molecular formula is C18H22Br2N2O2. The van der Waals surface area contributed by atoms with E-state index < -0.39 is 0 Å². The molecule has 24 heavy (non-hydrogen) atoms. The highest BCUT2D eigenvalue weighted by molar-refractivity contribution is 9.11. The Hall–Kier alpha value is -1.40. The number of benzene rings is 2. The molecule has 0 atom stereocenters. The first-order chi connectivity index (χ1) is 11.4. The highest BCUT2D eigenvalue weighted by Gasteiger charge is 2.18.